The fourth-order valence-electron chi connectivity index (χ4n) is 0.878. The van der Waals surface area contributed by atoms with Gasteiger partial charge in [0, 0.05) is 24.2 Å². The van der Waals surface area contributed by atoms with Crippen molar-refractivity contribution in [3.05, 3.63) is 0 Å². The highest BCUT2D eigenvalue weighted by Crippen LogP contribution is 2.06. The van der Waals surface area contributed by atoms with Gasteiger partial charge in [-0.25, -0.2) is 5.26 Å². The van der Waals surface area contributed by atoms with Crippen LogP contribution >= 0.6 is 12.0 Å². The number of rotatable bonds is 7. The Bertz CT molecular complexity index is 170. The van der Waals surface area contributed by atoms with Crippen LogP contribution < -0.4 is 0 Å². The molecule has 0 aliphatic rings. The lowest BCUT2D eigenvalue weighted by Crippen LogP contribution is -2.40. The molecule has 0 aliphatic heterocycles. The first-order valence-corrected chi connectivity index (χ1v) is 4.82. The molecule has 5 nitrogen and oxygen atoms in total. The van der Waals surface area contributed by atoms with Gasteiger partial charge in [-0.05, 0) is 0 Å². The molecule has 0 saturated heterocycles. The number of nitriles is 1. The molecular weight excluding hydrogens is 192 g/mol. The molecule has 0 fully saturated rings. The zero-order valence-corrected chi connectivity index (χ0v) is 8.71. The first-order chi connectivity index (χ1) is 6.12. The van der Waals surface area contributed by atoms with E-state index in [9.17, 15) is 0 Å². The molecule has 0 aromatic rings. The average Bonchev–Trinajstić information content (AvgIpc) is 2.04. The molecule has 0 saturated carbocycles. The molecule has 0 amide bonds. The molecule has 0 aromatic heterocycles. The predicted octanol–water partition coefficient (Wildman–Crippen LogP) is 1.05. The Morgan fingerprint density at radius 1 is 1.54 bits per heavy atom. The quantitative estimate of drug-likeness (QED) is 0.169. The van der Waals surface area contributed by atoms with Gasteiger partial charge in [-0.15, -0.1) is 4.33 Å². The summed E-state index contributed by atoms with van der Waals surface area (Å²) in [6, 6.07) is 2.13. The second-order valence-corrected chi connectivity index (χ2v) is 4.07. The Morgan fingerprint density at radius 2 is 2.23 bits per heavy atom. The first kappa shape index (κ1) is 12.7. The van der Waals surface area contributed by atoms with Crippen molar-refractivity contribution in [2.75, 3.05) is 32.9 Å². The highest BCUT2D eigenvalue weighted by molar-refractivity contribution is 7.94. The van der Waals surface area contributed by atoms with E-state index in [2.05, 4.69) is 15.4 Å². The van der Waals surface area contributed by atoms with E-state index in [1.807, 2.05) is 14.1 Å². The van der Waals surface area contributed by atoms with E-state index in [4.69, 9.17) is 10.5 Å². The minimum absolute atomic E-state index is 0.502. The minimum Gasteiger partial charge on any atom is -0.317 e. The zero-order chi connectivity index (χ0) is 10.2. The second-order valence-electron chi connectivity index (χ2n) is 3.29. The summed E-state index contributed by atoms with van der Waals surface area (Å²) in [5, 5.41) is 19.7. The number of quaternary nitrogens is 1. The van der Waals surface area contributed by atoms with Crippen LogP contribution in [0.3, 0.4) is 0 Å². The molecule has 0 bridgehead atoms. The van der Waals surface area contributed by atoms with Crippen LogP contribution in [0.5, 0.6) is 0 Å². The van der Waals surface area contributed by atoms with Gasteiger partial charge in [0.05, 0.1) is 20.6 Å². The van der Waals surface area contributed by atoms with E-state index in [-0.39, 0.29) is 0 Å². The van der Waals surface area contributed by atoms with Gasteiger partial charge in [0.1, 0.15) is 6.07 Å². The largest absolute Gasteiger partial charge is 0.317 e. The van der Waals surface area contributed by atoms with Crippen LogP contribution in [-0.4, -0.2) is 42.7 Å². The Balaban J connectivity index is 3.36. The van der Waals surface area contributed by atoms with Crippen LogP contribution in [0.25, 0.3) is 0 Å². The van der Waals surface area contributed by atoms with Crippen LogP contribution in [0, 0.1) is 11.3 Å². The van der Waals surface area contributed by atoms with Gasteiger partial charge in [0.2, 0.25) is 0 Å². The Hall–Kier alpha value is -0.320. The Kier molecular flexibility index (Phi) is 6.94. The van der Waals surface area contributed by atoms with Crippen molar-refractivity contribution >= 4 is 12.0 Å². The van der Waals surface area contributed by atoms with E-state index in [0.717, 1.165) is 30.8 Å². The zero-order valence-electron chi connectivity index (χ0n) is 7.89. The first-order valence-electron chi connectivity index (χ1n) is 3.91. The van der Waals surface area contributed by atoms with Crippen LogP contribution in [0.15, 0.2) is 0 Å². The number of hydrogen-bond donors (Lipinski definition) is 1. The fourth-order valence-corrected chi connectivity index (χ4v) is 1.24. The molecule has 0 heterocycles. The predicted molar refractivity (Wildman–Crippen MR) is 49.3 cm³/mol. The van der Waals surface area contributed by atoms with E-state index in [0.29, 0.717) is 11.0 Å². The summed E-state index contributed by atoms with van der Waals surface area (Å²) in [7, 11) is 3.99. The lowest BCUT2D eigenvalue weighted by atomic mass is 10.4. The molecule has 0 spiro atoms. The van der Waals surface area contributed by atoms with Gasteiger partial charge >= 0.3 is 0 Å². The standard InChI is InChI=1S/C7H14N2O3S/c1-9(2,6-4-8)5-3-7-13-12-11-10/h3,5-7H2,1-2H3/p+1. The summed E-state index contributed by atoms with van der Waals surface area (Å²) in [4.78, 5) is 0. The van der Waals surface area contributed by atoms with Crippen molar-refractivity contribution < 1.29 is 19.1 Å². The summed E-state index contributed by atoms with van der Waals surface area (Å²) < 4.78 is 4.89. The molecule has 6 heteroatoms. The van der Waals surface area contributed by atoms with Gasteiger partial charge < -0.3 is 4.48 Å². The molecule has 0 unspecified atom stereocenters. The third kappa shape index (κ3) is 8.02. The monoisotopic (exact) mass is 207 g/mol. The van der Waals surface area contributed by atoms with E-state index in [1.165, 1.54) is 0 Å². The van der Waals surface area contributed by atoms with Crippen LogP contribution in [0.4, 0.5) is 0 Å². The van der Waals surface area contributed by atoms with Gasteiger partial charge in [-0.1, -0.05) is 5.04 Å². The SMILES string of the molecule is C[N+](C)(CC#N)CCCSOOO. The van der Waals surface area contributed by atoms with Crippen molar-refractivity contribution in [1.29, 1.82) is 5.26 Å². The maximum atomic E-state index is 8.49. The number of nitrogens with zero attached hydrogens (tertiary/aromatic N) is 2. The third-order valence-corrected chi connectivity index (χ3v) is 2.18. The highest BCUT2D eigenvalue weighted by atomic mass is 32.2. The molecule has 1 N–H and O–H groups in total. The van der Waals surface area contributed by atoms with E-state index < -0.39 is 0 Å². The maximum Gasteiger partial charge on any atom is 0.166 e. The van der Waals surface area contributed by atoms with Crippen LogP contribution in [-0.2, 0) is 9.37 Å². The summed E-state index contributed by atoms with van der Waals surface area (Å²) in [6.45, 7) is 1.40. The summed E-state index contributed by atoms with van der Waals surface area (Å²) in [5.74, 6) is 0.730. The minimum atomic E-state index is 0.502. The van der Waals surface area contributed by atoms with Crippen molar-refractivity contribution in [1.82, 2.24) is 0 Å². The molecule has 0 radical (unpaired) electrons. The van der Waals surface area contributed by atoms with Gasteiger partial charge in [0.25, 0.3) is 0 Å². The van der Waals surface area contributed by atoms with Crippen LogP contribution in [0.2, 0.25) is 0 Å². The Morgan fingerprint density at radius 3 is 2.77 bits per heavy atom. The van der Waals surface area contributed by atoms with Gasteiger partial charge in [-0.2, -0.15) is 5.26 Å². The molecule has 13 heavy (non-hydrogen) atoms. The summed E-state index contributed by atoms with van der Waals surface area (Å²) >= 11 is 1.05. The lowest BCUT2D eigenvalue weighted by Gasteiger charge is -2.26. The lowest BCUT2D eigenvalue weighted by molar-refractivity contribution is -0.883. The molecule has 0 aromatic carbocycles. The highest BCUT2D eigenvalue weighted by Gasteiger charge is 2.12. The smallest absolute Gasteiger partial charge is 0.166 e. The maximum absolute atomic E-state index is 8.49. The van der Waals surface area contributed by atoms with Crippen molar-refractivity contribution in [2.45, 2.75) is 6.42 Å². The molecular formula is C7H15N2O3S+. The molecule has 0 atom stereocenters. The number of hydrogen-bond acceptors (Lipinski definition) is 5. The average molecular weight is 207 g/mol. The molecule has 0 aliphatic carbocycles. The summed E-state index contributed by atoms with van der Waals surface area (Å²) in [6.07, 6.45) is 0.905. The fraction of sp³-hybridized carbons (Fsp3) is 0.857. The van der Waals surface area contributed by atoms with Crippen molar-refractivity contribution in [3.63, 3.8) is 0 Å². The third-order valence-electron chi connectivity index (χ3n) is 1.57. The van der Waals surface area contributed by atoms with Crippen molar-refractivity contribution in [2.24, 2.45) is 0 Å². The van der Waals surface area contributed by atoms with Crippen molar-refractivity contribution in [3.8, 4) is 6.07 Å². The van der Waals surface area contributed by atoms with Crippen LogP contribution in [0.1, 0.15) is 6.42 Å². The molecule has 76 valence electrons. The second kappa shape index (κ2) is 7.12. The van der Waals surface area contributed by atoms with E-state index >= 15 is 0 Å². The van der Waals surface area contributed by atoms with Gasteiger partial charge in [0.15, 0.2) is 6.54 Å². The Labute approximate surface area is 82.5 Å². The normalized spacial score (nSPS) is 11.2. The molecule has 0 rings (SSSR count). The topological polar surface area (TPSA) is 62.5 Å². The van der Waals surface area contributed by atoms with E-state index in [1.54, 1.807) is 0 Å². The van der Waals surface area contributed by atoms with Gasteiger partial charge in [-0.3, -0.25) is 0 Å². The summed E-state index contributed by atoms with van der Waals surface area (Å²) in [5.41, 5.74) is 0.